The molecule has 0 N–H and O–H groups in total. The van der Waals surface area contributed by atoms with Gasteiger partial charge in [-0.1, -0.05) is 60.7 Å². The number of hydrogen-bond donors (Lipinski definition) is 0. The molecule has 1 atom stereocenters. The van der Waals surface area contributed by atoms with Gasteiger partial charge in [-0.2, -0.15) is 10.2 Å². The molecule has 0 aliphatic carbocycles. The summed E-state index contributed by atoms with van der Waals surface area (Å²) in [5, 5.41) is 9.61. The third-order valence-corrected chi connectivity index (χ3v) is 6.75. The van der Waals surface area contributed by atoms with E-state index in [1.165, 1.54) is 0 Å². The Bertz CT molecular complexity index is 1300. The van der Waals surface area contributed by atoms with Gasteiger partial charge in [-0.3, -0.25) is 14.2 Å². The Kier molecular flexibility index (Phi) is 5.47. The van der Waals surface area contributed by atoms with E-state index < -0.39 is 0 Å². The maximum Gasteiger partial charge on any atom is 0.258 e. The molecule has 172 valence electrons. The number of likely N-dealkylation sites (tertiary alicyclic amines) is 1. The molecule has 0 unspecified atom stereocenters. The molecule has 2 aliphatic heterocycles. The van der Waals surface area contributed by atoms with Crippen LogP contribution in [-0.2, 0) is 24.4 Å². The number of aromatic nitrogens is 4. The van der Waals surface area contributed by atoms with Crippen LogP contribution in [0.25, 0.3) is 22.5 Å². The average Bonchev–Trinajstić information content (AvgIpc) is 3.64. The minimum Gasteiger partial charge on any atom is -0.373 e. The summed E-state index contributed by atoms with van der Waals surface area (Å²) >= 11 is 0. The standard InChI is InChI=1S/C27H27N5O2/c33-27(25-24-19-34-17-16-32(24)29-26(25)21-10-5-2-6-11-21)31-14-7-12-22(31)18-30-15-13-23(28-30)20-8-3-1-4-9-20/h1-6,8-11,13,15,22H,7,12,14,16-19H2/t22-/m0/s1. The van der Waals surface area contributed by atoms with Gasteiger partial charge in [0.15, 0.2) is 0 Å². The molecule has 7 heteroatoms. The normalized spacial score (nSPS) is 17.6. The van der Waals surface area contributed by atoms with Crippen molar-refractivity contribution in [2.24, 2.45) is 0 Å². The minimum atomic E-state index is 0.0449. The summed E-state index contributed by atoms with van der Waals surface area (Å²) in [6.45, 7) is 3.13. The number of nitrogens with zero attached hydrogens (tertiary/aromatic N) is 5. The second-order valence-corrected chi connectivity index (χ2v) is 8.90. The third kappa shape index (κ3) is 3.82. The molecular formula is C27H27N5O2. The van der Waals surface area contributed by atoms with Crippen LogP contribution in [-0.4, -0.2) is 49.6 Å². The zero-order valence-corrected chi connectivity index (χ0v) is 19.0. The van der Waals surface area contributed by atoms with Gasteiger partial charge < -0.3 is 9.64 Å². The fourth-order valence-electron chi connectivity index (χ4n) is 5.05. The fraction of sp³-hybridized carbons (Fsp3) is 0.296. The van der Waals surface area contributed by atoms with Gasteiger partial charge >= 0.3 is 0 Å². The van der Waals surface area contributed by atoms with Crippen molar-refractivity contribution >= 4 is 5.91 Å². The Hall–Kier alpha value is -3.71. The van der Waals surface area contributed by atoms with E-state index in [1.807, 2.05) is 75.1 Å². The van der Waals surface area contributed by atoms with Gasteiger partial charge in [0.2, 0.25) is 0 Å². The number of ether oxygens (including phenoxy) is 1. The zero-order valence-electron chi connectivity index (χ0n) is 19.0. The van der Waals surface area contributed by atoms with Crippen LogP contribution in [0, 0.1) is 0 Å². The molecule has 6 rings (SSSR count). The molecule has 2 aromatic carbocycles. The molecule has 0 radical (unpaired) electrons. The Morgan fingerprint density at radius 3 is 2.50 bits per heavy atom. The molecule has 34 heavy (non-hydrogen) atoms. The summed E-state index contributed by atoms with van der Waals surface area (Å²) in [6.07, 6.45) is 3.96. The number of hydrogen-bond acceptors (Lipinski definition) is 4. The van der Waals surface area contributed by atoms with Gasteiger partial charge in [0.05, 0.1) is 49.3 Å². The highest BCUT2D eigenvalue weighted by Crippen LogP contribution is 2.31. The summed E-state index contributed by atoms with van der Waals surface area (Å²) in [7, 11) is 0. The monoisotopic (exact) mass is 453 g/mol. The quantitative estimate of drug-likeness (QED) is 0.453. The number of amides is 1. The molecule has 2 aliphatic rings. The molecule has 2 aromatic heterocycles. The zero-order chi connectivity index (χ0) is 22.9. The Balaban J connectivity index is 1.29. The van der Waals surface area contributed by atoms with Crippen molar-refractivity contribution in [1.29, 1.82) is 0 Å². The largest absolute Gasteiger partial charge is 0.373 e. The summed E-state index contributed by atoms with van der Waals surface area (Å²) in [4.78, 5) is 16.0. The lowest BCUT2D eigenvalue weighted by Gasteiger charge is -2.26. The first kappa shape index (κ1) is 20.9. The van der Waals surface area contributed by atoms with E-state index in [-0.39, 0.29) is 11.9 Å². The lowest BCUT2D eigenvalue weighted by molar-refractivity contribution is 0.0675. The highest BCUT2D eigenvalue weighted by Gasteiger charge is 2.35. The van der Waals surface area contributed by atoms with Crippen LogP contribution in [0.3, 0.4) is 0 Å². The molecular weight excluding hydrogens is 426 g/mol. The van der Waals surface area contributed by atoms with Crippen molar-refractivity contribution in [1.82, 2.24) is 24.5 Å². The van der Waals surface area contributed by atoms with Crippen LogP contribution in [0.2, 0.25) is 0 Å². The number of rotatable bonds is 5. The molecule has 1 saturated heterocycles. The molecule has 0 bridgehead atoms. The summed E-state index contributed by atoms with van der Waals surface area (Å²) < 4.78 is 9.63. The van der Waals surface area contributed by atoms with Gasteiger partial charge in [-0.05, 0) is 18.9 Å². The van der Waals surface area contributed by atoms with Crippen LogP contribution in [0.1, 0.15) is 28.9 Å². The predicted octanol–water partition coefficient (Wildman–Crippen LogP) is 4.25. The Morgan fingerprint density at radius 1 is 0.941 bits per heavy atom. The topological polar surface area (TPSA) is 65.2 Å². The molecule has 7 nitrogen and oxygen atoms in total. The van der Waals surface area contributed by atoms with Crippen molar-refractivity contribution in [3.8, 4) is 22.5 Å². The van der Waals surface area contributed by atoms with Crippen LogP contribution in [0.4, 0.5) is 0 Å². The van der Waals surface area contributed by atoms with Gasteiger partial charge in [0, 0.05) is 23.9 Å². The highest BCUT2D eigenvalue weighted by molar-refractivity contribution is 6.01. The predicted molar refractivity (Wildman–Crippen MR) is 129 cm³/mol. The maximum atomic E-state index is 14.0. The lowest BCUT2D eigenvalue weighted by atomic mass is 10.0. The van der Waals surface area contributed by atoms with E-state index in [2.05, 4.69) is 12.1 Å². The average molecular weight is 454 g/mol. The van der Waals surface area contributed by atoms with E-state index in [0.717, 1.165) is 47.6 Å². The van der Waals surface area contributed by atoms with Gasteiger partial charge in [0.25, 0.3) is 5.91 Å². The van der Waals surface area contributed by atoms with E-state index in [4.69, 9.17) is 14.9 Å². The molecule has 4 aromatic rings. The van der Waals surface area contributed by atoms with Crippen molar-refractivity contribution in [3.63, 3.8) is 0 Å². The molecule has 1 fully saturated rings. The van der Waals surface area contributed by atoms with Gasteiger partial charge in [-0.15, -0.1) is 0 Å². The first-order valence-corrected chi connectivity index (χ1v) is 11.9. The highest BCUT2D eigenvalue weighted by atomic mass is 16.5. The van der Waals surface area contributed by atoms with Crippen molar-refractivity contribution in [2.75, 3.05) is 13.2 Å². The van der Waals surface area contributed by atoms with Crippen molar-refractivity contribution in [2.45, 2.75) is 38.6 Å². The van der Waals surface area contributed by atoms with E-state index in [9.17, 15) is 4.79 Å². The minimum absolute atomic E-state index is 0.0449. The van der Waals surface area contributed by atoms with Gasteiger partial charge in [-0.25, -0.2) is 0 Å². The summed E-state index contributed by atoms with van der Waals surface area (Å²) in [5.74, 6) is 0.0449. The first-order valence-electron chi connectivity index (χ1n) is 11.9. The Morgan fingerprint density at radius 2 is 1.71 bits per heavy atom. The summed E-state index contributed by atoms with van der Waals surface area (Å²) in [6, 6.07) is 22.3. The van der Waals surface area contributed by atoms with Gasteiger partial charge in [0.1, 0.15) is 5.69 Å². The molecule has 4 heterocycles. The van der Waals surface area contributed by atoms with Crippen LogP contribution in [0.15, 0.2) is 72.9 Å². The van der Waals surface area contributed by atoms with Crippen LogP contribution in [0.5, 0.6) is 0 Å². The van der Waals surface area contributed by atoms with E-state index >= 15 is 0 Å². The smallest absolute Gasteiger partial charge is 0.258 e. The molecule has 0 saturated carbocycles. The molecule has 0 spiro atoms. The maximum absolute atomic E-state index is 14.0. The number of carbonyl (C=O) groups excluding carboxylic acids is 1. The number of benzene rings is 2. The fourth-order valence-corrected chi connectivity index (χ4v) is 5.05. The van der Waals surface area contributed by atoms with E-state index in [0.29, 0.717) is 31.9 Å². The number of fused-ring (bicyclic) bond motifs is 1. The van der Waals surface area contributed by atoms with E-state index in [1.54, 1.807) is 0 Å². The first-order chi connectivity index (χ1) is 16.8. The third-order valence-electron chi connectivity index (χ3n) is 6.75. The summed E-state index contributed by atoms with van der Waals surface area (Å²) in [5.41, 5.74) is 5.32. The Labute approximate surface area is 198 Å². The van der Waals surface area contributed by atoms with Crippen molar-refractivity contribution in [3.05, 3.63) is 84.2 Å². The SMILES string of the molecule is O=C(c1c(-c2ccccc2)nn2c1COCC2)N1CCC[C@H]1Cn1ccc(-c2ccccc2)n1. The molecule has 1 amide bonds. The van der Waals surface area contributed by atoms with Crippen LogP contribution < -0.4 is 0 Å². The second-order valence-electron chi connectivity index (χ2n) is 8.90. The van der Waals surface area contributed by atoms with Crippen LogP contribution >= 0.6 is 0 Å². The van der Waals surface area contributed by atoms with Crippen molar-refractivity contribution < 1.29 is 9.53 Å². The number of carbonyl (C=O) groups is 1. The lowest BCUT2D eigenvalue weighted by Crippen LogP contribution is -2.39. The second kappa shape index (κ2) is 8.91.